The first-order chi connectivity index (χ1) is 11.5. The van der Waals surface area contributed by atoms with E-state index in [1.807, 2.05) is 20.8 Å². The molecule has 0 aromatic rings. The molecule has 0 radical (unpaired) electrons. The van der Waals surface area contributed by atoms with E-state index in [1.54, 1.807) is 0 Å². The van der Waals surface area contributed by atoms with Crippen LogP contribution >= 0.6 is 0 Å². The summed E-state index contributed by atoms with van der Waals surface area (Å²) in [6.45, 7) is 12.2. The molecule has 3 rings (SSSR count). The van der Waals surface area contributed by atoms with Crippen molar-refractivity contribution in [3.05, 3.63) is 0 Å². The number of ether oxygens (including phenoxy) is 3. The molecule has 2 aliphatic heterocycles. The topological polar surface area (TPSA) is 65.0 Å². The summed E-state index contributed by atoms with van der Waals surface area (Å²) in [5.74, 6) is 0.800. The number of hydrogen-bond donors (Lipinski definition) is 1. The molecular formula is C20H34O5. The zero-order valence-corrected chi connectivity index (χ0v) is 16.5. The molecule has 25 heavy (non-hydrogen) atoms. The molecule has 2 saturated heterocycles. The number of aliphatic hydroxyl groups is 1. The van der Waals surface area contributed by atoms with Crippen molar-refractivity contribution >= 4 is 6.16 Å². The molecule has 2 heterocycles. The molecule has 3 fully saturated rings. The van der Waals surface area contributed by atoms with E-state index < -0.39 is 17.4 Å². The second-order valence-corrected chi connectivity index (χ2v) is 9.79. The van der Waals surface area contributed by atoms with Crippen molar-refractivity contribution in [1.82, 2.24) is 0 Å². The van der Waals surface area contributed by atoms with E-state index in [0.29, 0.717) is 11.8 Å². The first-order valence-corrected chi connectivity index (χ1v) is 9.71. The van der Waals surface area contributed by atoms with Crippen LogP contribution in [0, 0.1) is 23.2 Å². The minimum absolute atomic E-state index is 0.00105. The Kier molecular flexibility index (Phi) is 4.64. The Morgan fingerprint density at radius 3 is 2.36 bits per heavy atom. The molecule has 0 aromatic heterocycles. The van der Waals surface area contributed by atoms with Gasteiger partial charge >= 0.3 is 6.16 Å². The summed E-state index contributed by atoms with van der Waals surface area (Å²) in [6, 6.07) is 0. The highest BCUT2D eigenvalue weighted by atomic mass is 16.7. The minimum Gasteiger partial charge on any atom is -0.434 e. The molecule has 1 saturated carbocycles. The van der Waals surface area contributed by atoms with Crippen molar-refractivity contribution in [2.45, 2.75) is 90.6 Å². The molecule has 1 aliphatic carbocycles. The van der Waals surface area contributed by atoms with Gasteiger partial charge in [0, 0.05) is 11.3 Å². The van der Waals surface area contributed by atoms with E-state index in [9.17, 15) is 9.90 Å². The summed E-state index contributed by atoms with van der Waals surface area (Å²) in [5.41, 5.74) is -1.67. The molecule has 5 heteroatoms. The van der Waals surface area contributed by atoms with Gasteiger partial charge in [0.15, 0.2) is 0 Å². The number of hydrogen-bond acceptors (Lipinski definition) is 5. The summed E-state index contributed by atoms with van der Waals surface area (Å²) in [7, 11) is 0. The van der Waals surface area contributed by atoms with Crippen LogP contribution in [0.2, 0.25) is 0 Å². The molecule has 3 aliphatic rings. The van der Waals surface area contributed by atoms with Crippen molar-refractivity contribution in [1.29, 1.82) is 0 Å². The van der Waals surface area contributed by atoms with Crippen LogP contribution < -0.4 is 0 Å². The molecule has 6 unspecified atom stereocenters. The van der Waals surface area contributed by atoms with Gasteiger partial charge in [-0.15, -0.1) is 0 Å². The third-order valence-electron chi connectivity index (χ3n) is 6.76. The normalized spacial score (nSPS) is 42.6. The van der Waals surface area contributed by atoms with Gasteiger partial charge in [-0.25, -0.2) is 4.79 Å². The fourth-order valence-corrected chi connectivity index (χ4v) is 5.57. The maximum atomic E-state index is 12.1. The lowest BCUT2D eigenvalue weighted by Crippen LogP contribution is -2.57. The molecule has 5 nitrogen and oxygen atoms in total. The highest BCUT2D eigenvalue weighted by Crippen LogP contribution is 2.62. The second-order valence-electron chi connectivity index (χ2n) is 9.79. The van der Waals surface area contributed by atoms with E-state index in [0.717, 1.165) is 25.7 Å². The Hall–Kier alpha value is -0.810. The van der Waals surface area contributed by atoms with Gasteiger partial charge in [0.25, 0.3) is 0 Å². The molecular weight excluding hydrogens is 320 g/mol. The quantitative estimate of drug-likeness (QED) is 0.778. The zero-order valence-electron chi connectivity index (χ0n) is 16.5. The third-order valence-corrected chi connectivity index (χ3v) is 6.76. The zero-order chi connectivity index (χ0) is 18.6. The van der Waals surface area contributed by atoms with Crippen LogP contribution in [0.1, 0.15) is 67.2 Å². The smallest absolute Gasteiger partial charge is 0.434 e. The summed E-state index contributed by atoms with van der Waals surface area (Å²) >= 11 is 0. The molecule has 2 bridgehead atoms. The minimum atomic E-state index is -0.708. The lowest BCUT2D eigenvalue weighted by molar-refractivity contribution is -0.113. The van der Waals surface area contributed by atoms with E-state index in [4.69, 9.17) is 14.2 Å². The molecule has 0 aromatic carbocycles. The summed E-state index contributed by atoms with van der Waals surface area (Å²) in [6.07, 6.45) is 3.13. The molecule has 6 atom stereocenters. The van der Waals surface area contributed by atoms with Crippen LogP contribution in [0.3, 0.4) is 0 Å². The predicted octanol–water partition coefficient (Wildman–Crippen LogP) is 3.92. The molecule has 144 valence electrons. The largest absolute Gasteiger partial charge is 0.508 e. The summed E-state index contributed by atoms with van der Waals surface area (Å²) in [4.78, 5) is 12.1. The highest BCUT2D eigenvalue weighted by molar-refractivity contribution is 5.60. The SMILES string of the molecule is CC1C(C)C2OC1C(C1(O)CCCC1)C2(C)COC(=O)OC(C)(C)C. The van der Waals surface area contributed by atoms with Crippen molar-refractivity contribution in [2.24, 2.45) is 23.2 Å². The third kappa shape index (κ3) is 3.18. The Bertz CT molecular complexity index is 519. The number of rotatable bonds is 3. The highest BCUT2D eigenvalue weighted by Gasteiger charge is 2.68. The first-order valence-electron chi connectivity index (χ1n) is 9.71. The maximum Gasteiger partial charge on any atom is 0.508 e. The fraction of sp³-hybridized carbons (Fsp3) is 0.950. The molecule has 0 spiro atoms. The van der Waals surface area contributed by atoms with Crippen LogP contribution in [0.4, 0.5) is 4.79 Å². The van der Waals surface area contributed by atoms with E-state index in [-0.39, 0.29) is 30.1 Å². The van der Waals surface area contributed by atoms with Crippen LogP contribution in [0.25, 0.3) is 0 Å². The van der Waals surface area contributed by atoms with Crippen molar-refractivity contribution in [2.75, 3.05) is 6.61 Å². The fourth-order valence-electron chi connectivity index (χ4n) is 5.57. The lowest BCUT2D eigenvalue weighted by Gasteiger charge is -2.48. The Morgan fingerprint density at radius 1 is 1.20 bits per heavy atom. The van der Waals surface area contributed by atoms with Crippen LogP contribution in [0.5, 0.6) is 0 Å². The number of carbonyl (C=O) groups is 1. The standard InChI is InChI=1S/C20H34O5/c1-12-13(2)16-19(6,11-23-17(21)25-18(3,4)5)15(14(12)24-16)20(22)9-7-8-10-20/h12-16,22H,7-11H2,1-6H3. The first kappa shape index (κ1) is 19.0. The van der Waals surface area contributed by atoms with E-state index in [2.05, 4.69) is 20.8 Å². The van der Waals surface area contributed by atoms with Crippen molar-refractivity contribution in [3.63, 3.8) is 0 Å². The Balaban J connectivity index is 1.80. The van der Waals surface area contributed by atoms with Gasteiger partial charge in [-0.1, -0.05) is 33.6 Å². The van der Waals surface area contributed by atoms with Crippen molar-refractivity contribution < 1.29 is 24.1 Å². The monoisotopic (exact) mass is 354 g/mol. The van der Waals surface area contributed by atoms with Gasteiger partial charge in [0.1, 0.15) is 12.2 Å². The Morgan fingerprint density at radius 2 is 1.80 bits per heavy atom. The van der Waals surface area contributed by atoms with Crippen LogP contribution in [-0.4, -0.2) is 41.3 Å². The molecule has 1 N–H and O–H groups in total. The molecule has 0 amide bonds. The predicted molar refractivity (Wildman–Crippen MR) is 94.2 cm³/mol. The van der Waals surface area contributed by atoms with Gasteiger partial charge < -0.3 is 19.3 Å². The van der Waals surface area contributed by atoms with Gasteiger partial charge in [-0.3, -0.25) is 0 Å². The van der Waals surface area contributed by atoms with E-state index >= 15 is 0 Å². The summed E-state index contributed by atoms with van der Waals surface area (Å²) < 4.78 is 17.2. The maximum absolute atomic E-state index is 12.1. The summed E-state index contributed by atoms with van der Waals surface area (Å²) in [5, 5.41) is 11.4. The average molecular weight is 354 g/mol. The average Bonchev–Trinajstić information content (AvgIpc) is 3.12. The van der Waals surface area contributed by atoms with E-state index in [1.165, 1.54) is 0 Å². The lowest BCUT2D eigenvalue weighted by atomic mass is 9.56. The second kappa shape index (κ2) is 6.12. The van der Waals surface area contributed by atoms with Gasteiger partial charge in [0.05, 0.1) is 17.8 Å². The van der Waals surface area contributed by atoms with Gasteiger partial charge in [-0.2, -0.15) is 0 Å². The van der Waals surface area contributed by atoms with Crippen LogP contribution in [-0.2, 0) is 14.2 Å². The Labute approximate surface area is 151 Å². The van der Waals surface area contributed by atoms with Gasteiger partial charge in [-0.05, 0) is 45.4 Å². The van der Waals surface area contributed by atoms with Gasteiger partial charge in [0.2, 0.25) is 0 Å². The van der Waals surface area contributed by atoms with Crippen LogP contribution in [0.15, 0.2) is 0 Å². The number of fused-ring (bicyclic) bond motifs is 2. The van der Waals surface area contributed by atoms with Crippen molar-refractivity contribution in [3.8, 4) is 0 Å². The number of carbonyl (C=O) groups excluding carboxylic acids is 1.